The van der Waals surface area contributed by atoms with E-state index in [1.54, 1.807) is 26.2 Å². The number of para-hydroxylation sites is 1. The third-order valence-corrected chi connectivity index (χ3v) is 4.98. The Balaban J connectivity index is 2.25. The third kappa shape index (κ3) is 5.28. The molecule has 0 fully saturated rings. The number of rotatable bonds is 7. The first-order chi connectivity index (χ1) is 15.3. The molecule has 3 aromatic rings. The van der Waals surface area contributed by atoms with Gasteiger partial charge in [-0.15, -0.1) is 0 Å². The molecule has 1 aromatic heterocycles. The Morgan fingerprint density at radius 1 is 1.16 bits per heavy atom. The monoisotopic (exact) mass is 459 g/mol. The summed E-state index contributed by atoms with van der Waals surface area (Å²) in [6.07, 6.45) is 4.33. The van der Waals surface area contributed by atoms with Gasteiger partial charge in [0.1, 0.15) is 29.0 Å². The lowest BCUT2D eigenvalue weighted by molar-refractivity contribution is -0.137. The van der Waals surface area contributed by atoms with Crippen LogP contribution in [0.1, 0.15) is 18.1 Å². The average molecular weight is 459 g/mol. The van der Waals surface area contributed by atoms with Gasteiger partial charge >= 0.3 is 5.97 Å². The van der Waals surface area contributed by atoms with Crippen molar-refractivity contribution >= 4 is 35.3 Å². The second kappa shape index (κ2) is 10.3. The molecule has 0 bridgehead atoms. The van der Waals surface area contributed by atoms with Gasteiger partial charge in [0.25, 0.3) is 0 Å². The summed E-state index contributed by atoms with van der Waals surface area (Å²) in [5.41, 5.74) is 1.41. The summed E-state index contributed by atoms with van der Waals surface area (Å²) < 4.78 is 47.2. The Morgan fingerprint density at radius 2 is 1.88 bits per heavy atom. The fourth-order valence-electron chi connectivity index (χ4n) is 2.97. The number of aryl methyl sites for hydroxylation is 1. The number of carbonyl (C=O) groups is 1. The van der Waals surface area contributed by atoms with Gasteiger partial charge in [0.15, 0.2) is 5.16 Å². The maximum Gasteiger partial charge on any atom is 0.330 e. The molecular formula is C23H20F3N3O2S. The van der Waals surface area contributed by atoms with Gasteiger partial charge in [-0.2, -0.15) is 0 Å². The SMILES string of the molecule is CCOC(=O)C=Cc1c(Nc2c(F)cccc2F)nc(SC)nc1-c1ccc(F)cc1C. The fourth-order valence-corrected chi connectivity index (χ4v) is 3.33. The lowest BCUT2D eigenvalue weighted by Crippen LogP contribution is -2.06. The van der Waals surface area contributed by atoms with Gasteiger partial charge in [-0.1, -0.05) is 17.8 Å². The predicted molar refractivity (Wildman–Crippen MR) is 119 cm³/mol. The number of anilines is 2. The summed E-state index contributed by atoms with van der Waals surface area (Å²) in [6, 6.07) is 7.65. The molecule has 0 radical (unpaired) electrons. The van der Waals surface area contributed by atoms with Crippen LogP contribution in [0.5, 0.6) is 0 Å². The minimum atomic E-state index is -0.811. The molecule has 0 atom stereocenters. The van der Waals surface area contributed by atoms with E-state index in [4.69, 9.17) is 4.74 Å². The van der Waals surface area contributed by atoms with Crippen molar-refractivity contribution in [1.82, 2.24) is 9.97 Å². The smallest absolute Gasteiger partial charge is 0.330 e. The molecule has 32 heavy (non-hydrogen) atoms. The molecule has 5 nitrogen and oxygen atoms in total. The summed E-state index contributed by atoms with van der Waals surface area (Å²) in [5.74, 6) is -2.57. The quantitative estimate of drug-likeness (QED) is 0.205. The summed E-state index contributed by atoms with van der Waals surface area (Å²) in [4.78, 5) is 20.8. The van der Waals surface area contributed by atoms with Crippen molar-refractivity contribution in [1.29, 1.82) is 0 Å². The first-order valence-electron chi connectivity index (χ1n) is 9.62. The van der Waals surface area contributed by atoms with Crippen LogP contribution in [0.4, 0.5) is 24.7 Å². The van der Waals surface area contributed by atoms with Gasteiger partial charge < -0.3 is 10.1 Å². The Morgan fingerprint density at radius 3 is 2.50 bits per heavy atom. The molecule has 0 aliphatic heterocycles. The molecule has 0 amide bonds. The van der Waals surface area contributed by atoms with E-state index in [9.17, 15) is 18.0 Å². The number of thioether (sulfide) groups is 1. The van der Waals surface area contributed by atoms with Gasteiger partial charge in [0, 0.05) is 17.2 Å². The Labute approximate surface area is 187 Å². The molecule has 2 aromatic carbocycles. The van der Waals surface area contributed by atoms with Gasteiger partial charge in [-0.05, 0) is 62.1 Å². The van der Waals surface area contributed by atoms with E-state index >= 15 is 0 Å². The van der Waals surface area contributed by atoms with Crippen LogP contribution in [0.3, 0.4) is 0 Å². The molecular weight excluding hydrogens is 439 g/mol. The molecule has 3 rings (SSSR count). The van der Waals surface area contributed by atoms with Crippen molar-refractivity contribution in [3.63, 3.8) is 0 Å². The molecule has 166 valence electrons. The number of carbonyl (C=O) groups excluding carboxylic acids is 1. The van der Waals surface area contributed by atoms with Crippen molar-refractivity contribution in [3.8, 4) is 11.3 Å². The molecule has 0 saturated heterocycles. The van der Waals surface area contributed by atoms with Gasteiger partial charge in [0.2, 0.25) is 0 Å². The van der Waals surface area contributed by atoms with Crippen LogP contribution in [0.2, 0.25) is 0 Å². The number of esters is 1. The number of nitrogens with one attached hydrogen (secondary N) is 1. The summed E-state index contributed by atoms with van der Waals surface area (Å²) in [6.45, 7) is 3.56. The highest BCUT2D eigenvalue weighted by Gasteiger charge is 2.19. The molecule has 1 heterocycles. The normalized spacial score (nSPS) is 11.1. The predicted octanol–water partition coefficient (Wildman–Crippen LogP) is 5.91. The highest BCUT2D eigenvalue weighted by atomic mass is 32.2. The number of hydrogen-bond acceptors (Lipinski definition) is 6. The number of halogens is 3. The number of nitrogens with zero attached hydrogens (tertiary/aromatic N) is 2. The largest absolute Gasteiger partial charge is 0.463 e. The molecule has 0 aliphatic carbocycles. The Kier molecular flexibility index (Phi) is 7.53. The van der Waals surface area contributed by atoms with Crippen molar-refractivity contribution in [3.05, 3.63) is 71.1 Å². The van der Waals surface area contributed by atoms with Crippen LogP contribution in [-0.2, 0) is 9.53 Å². The second-order valence-corrected chi connectivity index (χ2v) is 7.36. The lowest BCUT2D eigenvalue weighted by atomic mass is 10.0. The molecule has 9 heteroatoms. The minimum absolute atomic E-state index is 0.0765. The van der Waals surface area contributed by atoms with E-state index in [1.807, 2.05) is 0 Å². The highest BCUT2D eigenvalue weighted by molar-refractivity contribution is 7.98. The fraction of sp³-hybridized carbons (Fsp3) is 0.174. The molecule has 0 unspecified atom stereocenters. The van der Waals surface area contributed by atoms with Crippen LogP contribution in [0.15, 0.2) is 47.6 Å². The second-order valence-electron chi connectivity index (χ2n) is 6.59. The average Bonchev–Trinajstić information content (AvgIpc) is 2.75. The number of aromatic nitrogens is 2. The zero-order chi connectivity index (χ0) is 23.3. The number of ether oxygens (including phenoxy) is 1. The Hall–Kier alpha value is -3.33. The van der Waals surface area contributed by atoms with Gasteiger partial charge in [-0.25, -0.2) is 27.9 Å². The highest BCUT2D eigenvalue weighted by Crippen LogP contribution is 2.34. The van der Waals surface area contributed by atoms with E-state index in [0.717, 1.165) is 12.1 Å². The van der Waals surface area contributed by atoms with E-state index in [-0.39, 0.29) is 18.0 Å². The summed E-state index contributed by atoms with van der Waals surface area (Å²) in [5, 5.41) is 3.00. The zero-order valence-corrected chi connectivity index (χ0v) is 18.4. The summed E-state index contributed by atoms with van der Waals surface area (Å²) in [7, 11) is 0. The molecule has 0 spiro atoms. The van der Waals surface area contributed by atoms with Crippen LogP contribution in [0.25, 0.3) is 17.3 Å². The van der Waals surface area contributed by atoms with Crippen LogP contribution in [0, 0.1) is 24.4 Å². The van der Waals surface area contributed by atoms with Crippen LogP contribution < -0.4 is 5.32 Å². The summed E-state index contributed by atoms with van der Waals surface area (Å²) >= 11 is 1.22. The van der Waals surface area contributed by atoms with Gasteiger partial charge in [-0.3, -0.25) is 0 Å². The van der Waals surface area contributed by atoms with Crippen molar-refractivity contribution in [2.24, 2.45) is 0 Å². The molecule has 0 saturated carbocycles. The number of hydrogen-bond donors (Lipinski definition) is 1. The molecule has 0 aliphatic rings. The van der Waals surface area contributed by atoms with Crippen molar-refractivity contribution in [2.45, 2.75) is 19.0 Å². The first kappa shape index (κ1) is 23.3. The maximum atomic E-state index is 14.3. The van der Waals surface area contributed by atoms with E-state index in [2.05, 4.69) is 15.3 Å². The standard InChI is InChI=1S/C23H20F3N3O2S/c1-4-31-19(30)11-10-16-20(15-9-8-14(24)12-13(15)2)28-23(32-3)29-22(16)27-21-17(25)6-5-7-18(21)26/h5-12H,4H2,1-3H3,(H,27,28,29). The van der Waals surface area contributed by atoms with Crippen LogP contribution >= 0.6 is 11.8 Å². The minimum Gasteiger partial charge on any atom is -0.463 e. The van der Waals surface area contributed by atoms with E-state index in [0.29, 0.717) is 22.0 Å². The zero-order valence-electron chi connectivity index (χ0n) is 17.6. The van der Waals surface area contributed by atoms with E-state index < -0.39 is 29.1 Å². The van der Waals surface area contributed by atoms with Crippen molar-refractivity contribution in [2.75, 3.05) is 18.2 Å². The topological polar surface area (TPSA) is 64.1 Å². The third-order valence-electron chi connectivity index (χ3n) is 4.43. The van der Waals surface area contributed by atoms with Gasteiger partial charge in [0.05, 0.1) is 12.3 Å². The van der Waals surface area contributed by atoms with Crippen LogP contribution in [-0.4, -0.2) is 28.8 Å². The van der Waals surface area contributed by atoms with E-state index in [1.165, 1.54) is 42.1 Å². The van der Waals surface area contributed by atoms with Crippen molar-refractivity contribution < 1.29 is 22.7 Å². The Bertz CT molecular complexity index is 1170. The number of benzene rings is 2. The lowest BCUT2D eigenvalue weighted by Gasteiger charge is -2.16. The first-order valence-corrected chi connectivity index (χ1v) is 10.8. The molecule has 1 N–H and O–H groups in total. The maximum absolute atomic E-state index is 14.3.